The Bertz CT molecular complexity index is 1420. The summed E-state index contributed by atoms with van der Waals surface area (Å²) < 4.78 is 3.66. The van der Waals surface area contributed by atoms with Gasteiger partial charge in [-0.1, -0.05) is 30.3 Å². The maximum Gasteiger partial charge on any atom is 0.0426 e. The molecule has 1 aromatic carbocycles. The molecule has 0 radical (unpaired) electrons. The molecule has 1 saturated heterocycles. The second kappa shape index (κ2) is 10.8. The van der Waals surface area contributed by atoms with E-state index in [1.807, 2.05) is 0 Å². The Labute approximate surface area is 325 Å². The summed E-state index contributed by atoms with van der Waals surface area (Å²) in [5.74, 6) is 12.8. The van der Waals surface area contributed by atoms with Crippen molar-refractivity contribution in [3.05, 3.63) is 30.3 Å². The van der Waals surface area contributed by atoms with Gasteiger partial charge >= 0.3 is 0 Å². The first kappa shape index (κ1) is 32.6. The molecule has 2 heteroatoms. The highest BCUT2D eigenvalue weighted by Gasteiger charge is 2.86. The van der Waals surface area contributed by atoms with Gasteiger partial charge in [-0.2, -0.15) is 0 Å². The summed E-state index contributed by atoms with van der Waals surface area (Å²) in [5.41, 5.74) is 3.35. The average molecular weight is 730 g/mol. The Morgan fingerprint density at radius 2 is 0.698 bits per heavy atom. The topological polar surface area (TPSA) is 3.24 Å². The molecular weight excluding hydrogens is 658 g/mol. The van der Waals surface area contributed by atoms with Crippen molar-refractivity contribution in [2.45, 2.75) is 172 Å². The highest BCUT2D eigenvalue weighted by atomic mass is 31.1. The van der Waals surface area contributed by atoms with Gasteiger partial charge < -0.3 is 0 Å². The molecular formula is C51H72NP. The molecule has 1 unspecified atom stereocenters. The van der Waals surface area contributed by atoms with Gasteiger partial charge in [0.05, 0.1) is 0 Å². The van der Waals surface area contributed by atoms with E-state index in [2.05, 4.69) is 35.0 Å². The molecule has 53 heavy (non-hydrogen) atoms. The summed E-state index contributed by atoms with van der Waals surface area (Å²) in [5, 5.41) is 1.71. The van der Waals surface area contributed by atoms with Crippen LogP contribution in [-0.2, 0) is 0 Å². The van der Waals surface area contributed by atoms with Gasteiger partial charge in [0.15, 0.2) is 0 Å². The number of hydrogen-bond acceptors (Lipinski definition) is 1. The lowest BCUT2D eigenvalue weighted by atomic mass is 9.21. The summed E-state index contributed by atoms with van der Waals surface area (Å²) in [6, 6.07) is 12.4. The van der Waals surface area contributed by atoms with Crippen molar-refractivity contribution in [1.82, 2.24) is 4.67 Å². The van der Waals surface area contributed by atoms with Crippen molar-refractivity contribution < 1.29 is 0 Å². The summed E-state index contributed by atoms with van der Waals surface area (Å²) in [4.78, 5) is 0. The third kappa shape index (κ3) is 4.03. The molecule has 286 valence electrons. The minimum absolute atomic E-state index is 0.420. The van der Waals surface area contributed by atoms with E-state index in [4.69, 9.17) is 0 Å². The van der Waals surface area contributed by atoms with Gasteiger partial charge in [-0.05, 0) is 274 Å². The van der Waals surface area contributed by atoms with Gasteiger partial charge in [0.25, 0.3) is 0 Å². The number of nitrogens with zero attached hydrogens (tertiary/aromatic N) is 1. The first-order valence-electron chi connectivity index (χ1n) is 24.5. The molecule has 0 aromatic heterocycles. The fourth-order valence-corrected chi connectivity index (χ4v) is 25.9. The van der Waals surface area contributed by atoms with E-state index in [-0.39, 0.29) is 0 Å². The Morgan fingerprint density at radius 3 is 1.02 bits per heavy atom. The SMILES string of the molecule is c1ccc(PN2CCCC(C34CC5CC(CC(C5)C3)C4)(C34CC5CC(CC(C5)C3)C4)C2(C23CC4CC(CC(C4)C2)C3)C23CC4CC(CC(C4)C2)C3)cc1. The van der Waals surface area contributed by atoms with E-state index in [9.17, 15) is 0 Å². The largest absolute Gasteiger partial charge is 0.273 e. The second-order valence-electron chi connectivity index (χ2n) is 25.1. The molecule has 16 bridgehead atoms. The minimum Gasteiger partial charge on any atom is -0.273 e. The zero-order valence-corrected chi connectivity index (χ0v) is 34.4. The normalized spacial score (nSPS) is 61.0. The van der Waals surface area contributed by atoms with Crippen molar-refractivity contribution in [2.24, 2.45) is 98.1 Å². The number of benzene rings is 1. The molecule has 1 atom stereocenters. The lowest BCUT2D eigenvalue weighted by molar-refractivity contribution is -0.365. The summed E-state index contributed by atoms with van der Waals surface area (Å²) in [6.07, 6.45) is 42.8. The van der Waals surface area contributed by atoms with E-state index < -0.39 is 0 Å². The predicted octanol–water partition coefficient (Wildman–Crippen LogP) is 12.6. The smallest absolute Gasteiger partial charge is 0.0426 e. The van der Waals surface area contributed by atoms with E-state index in [0.717, 1.165) is 79.7 Å². The number of hydrogen-bond donors (Lipinski definition) is 0. The molecule has 17 fully saturated rings. The second-order valence-corrected chi connectivity index (χ2v) is 26.5. The van der Waals surface area contributed by atoms with E-state index in [1.165, 1.54) is 13.0 Å². The third-order valence-electron chi connectivity index (χ3n) is 22.5. The Kier molecular flexibility index (Phi) is 6.64. The lowest BCUT2D eigenvalue weighted by Gasteiger charge is -2.87. The van der Waals surface area contributed by atoms with Gasteiger partial charge in [-0.3, -0.25) is 4.67 Å². The van der Waals surface area contributed by atoms with Crippen LogP contribution < -0.4 is 5.30 Å². The van der Waals surface area contributed by atoms with Crippen LogP contribution in [0.2, 0.25) is 0 Å². The van der Waals surface area contributed by atoms with Crippen molar-refractivity contribution in [2.75, 3.05) is 6.54 Å². The summed E-state index contributed by atoms with van der Waals surface area (Å²) in [6.45, 7) is 1.44. The van der Waals surface area contributed by atoms with Gasteiger partial charge in [-0.25, -0.2) is 0 Å². The molecule has 0 amide bonds. The molecule has 16 saturated carbocycles. The van der Waals surface area contributed by atoms with Crippen LogP contribution >= 0.6 is 8.73 Å². The lowest BCUT2D eigenvalue weighted by Crippen LogP contribution is -2.87. The van der Waals surface area contributed by atoms with Crippen LogP contribution in [0, 0.1) is 98.1 Å². The number of piperidine rings is 1. The molecule has 1 aromatic rings. The fourth-order valence-electron chi connectivity index (χ4n) is 24.2. The molecule has 18 rings (SSSR count). The highest BCUT2D eigenvalue weighted by molar-refractivity contribution is 7.44. The van der Waals surface area contributed by atoms with Crippen LogP contribution in [0.1, 0.15) is 167 Å². The van der Waals surface area contributed by atoms with Crippen LogP contribution in [0.5, 0.6) is 0 Å². The standard InChI is InChI=1S/C51H72NP/c1-2-5-45(6-3-1)53-52-8-4-7-50(46-21-33-9-34(22-46)11-35(10-33)23-46,47-24-36-12-37(25-47)14-38(13-36)26-47)51(52,48-27-39-15-40(28-48)17-41(16-39)29-48)49-30-42-18-43(31-49)20-44(19-42)32-49/h1-3,5-6,33-44,53H,4,7-32H2. The Balaban J connectivity index is 1.11. The third-order valence-corrected chi connectivity index (χ3v) is 23.9. The molecule has 0 N–H and O–H groups in total. The summed E-state index contributed by atoms with van der Waals surface area (Å²) in [7, 11) is 0.906. The fraction of sp³-hybridized carbons (Fsp3) is 0.882. The van der Waals surface area contributed by atoms with Crippen molar-refractivity contribution in [3.8, 4) is 0 Å². The molecule has 16 aliphatic carbocycles. The quantitative estimate of drug-likeness (QED) is 0.264. The van der Waals surface area contributed by atoms with Crippen molar-refractivity contribution in [1.29, 1.82) is 0 Å². The van der Waals surface area contributed by atoms with Crippen molar-refractivity contribution >= 4 is 14.0 Å². The zero-order chi connectivity index (χ0) is 34.4. The van der Waals surface area contributed by atoms with Crippen LogP contribution in [0.4, 0.5) is 0 Å². The Hall–Kier alpha value is -0.390. The maximum absolute atomic E-state index is 3.66. The van der Waals surface area contributed by atoms with Crippen LogP contribution in [0.15, 0.2) is 30.3 Å². The average Bonchev–Trinajstić information content (AvgIpc) is 3.09. The van der Waals surface area contributed by atoms with Gasteiger partial charge in [0, 0.05) is 17.5 Å². The molecule has 1 heterocycles. The maximum atomic E-state index is 3.66. The van der Waals surface area contributed by atoms with Crippen molar-refractivity contribution in [3.63, 3.8) is 0 Å². The molecule has 1 nitrogen and oxygen atoms in total. The first-order chi connectivity index (χ1) is 25.9. The number of rotatable bonds is 6. The first-order valence-corrected chi connectivity index (χ1v) is 25.4. The van der Waals surface area contributed by atoms with Crippen LogP contribution in [-0.4, -0.2) is 16.8 Å². The van der Waals surface area contributed by atoms with E-state index in [0.29, 0.717) is 32.6 Å². The zero-order valence-electron chi connectivity index (χ0n) is 33.4. The van der Waals surface area contributed by atoms with Gasteiger partial charge in [-0.15, -0.1) is 0 Å². The van der Waals surface area contributed by atoms with Gasteiger partial charge in [0.2, 0.25) is 0 Å². The van der Waals surface area contributed by atoms with Gasteiger partial charge in [0.1, 0.15) is 0 Å². The molecule has 17 aliphatic rings. The Morgan fingerprint density at radius 1 is 0.396 bits per heavy atom. The van der Waals surface area contributed by atoms with Crippen LogP contribution in [0.3, 0.4) is 0 Å². The summed E-state index contributed by atoms with van der Waals surface area (Å²) >= 11 is 0. The van der Waals surface area contributed by atoms with E-state index >= 15 is 0 Å². The predicted molar refractivity (Wildman–Crippen MR) is 218 cm³/mol. The molecule has 1 aliphatic heterocycles. The molecule has 0 spiro atoms. The highest BCUT2D eigenvalue weighted by Crippen LogP contribution is 2.89. The monoisotopic (exact) mass is 730 g/mol. The van der Waals surface area contributed by atoms with Crippen LogP contribution in [0.25, 0.3) is 0 Å². The minimum atomic E-state index is 0.420. The van der Waals surface area contributed by atoms with E-state index in [1.54, 1.807) is 166 Å².